The van der Waals surface area contributed by atoms with E-state index in [4.69, 9.17) is 10.5 Å². The molecule has 1 aromatic heterocycles. The first-order valence-electron chi connectivity index (χ1n) is 5.18. The van der Waals surface area contributed by atoms with Crippen molar-refractivity contribution in [2.24, 2.45) is 5.73 Å². The van der Waals surface area contributed by atoms with E-state index in [1.165, 1.54) is 0 Å². The number of fused-ring (bicyclic) bond motifs is 1. The van der Waals surface area contributed by atoms with Gasteiger partial charge in [0.05, 0.1) is 11.0 Å². The van der Waals surface area contributed by atoms with Gasteiger partial charge in [-0.3, -0.25) is 0 Å². The van der Waals surface area contributed by atoms with E-state index in [0.717, 1.165) is 23.9 Å². The molecule has 3 rings (SSSR count). The van der Waals surface area contributed by atoms with E-state index in [1.54, 1.807) is 0 Å². The molecule has 0 radical (unpaired) electrons. The Morgan fingerprint density at radius 2 is 2.13 bits per heavy atom. The van der Waals surface area contributed by atoms with Gasteiger partial charge in [0.15, 0.2) is 0 Å². The number of aromatic amines is 1. The number of imidazole rings is 1. The summed E-state index contributed by atoms with van der Waals surface area (Å²) >= 11 is 0. The second-order valence-corrected chi connectivity index (χ2v) is 4.03. The molecular weight excluding hydrogens is 190 g/mol. The molecule has 78 valence electrons. The first kappa shape index (κ1) is 8.73. The predicted octanol–water partition coefficient (Wildman–Crippen LogP) is 1.43. The van der Waals surface area contributed by atoms with Crippen molar-refractivity contribution in [1.82, 2.24) is 9.97 Å². The maximum atomic E-state index is 5.69. The maximum Gasteiger partial charge on any atom is 0.294 e. The van der Waals surface area contributed by atoms with Crippen molar-refractivity contribution < 1.29 is 4.74 Å². The zero-order chi connectivity index (χ0) is 10.3. The van der Waals surface area contributed by atoms with Crippen LogP contribution in [0.4, 0.5) is 0 Å². The average Bonchev–Trinajstić information content (AvgIpc) is 2.57. The van der Waals surface area contributed by atoms with Crippen molar-refractivity contribution in [3.8, 4) is 6.01 Å². The highest BCUT2D eigenvalue weighted by Gasteiger charge is 2.28. The lowest BCUT2D eigenvalue weighted by atomic mass is 9.90. The second-order valence-electron chi connectivity index (χ2n) is 4.03. The van der Waals surface area contributed by atoms with E-state index in [1.807, 2.05) is 24.3 Å². The molecule has 15 heavy (non-hydrogen) atoms. The number of hydrogen-bond acceptors (Lipinski definition) is 3. The number of ether oxygens (including phenoxy) is 1. The lowest BCUT2D eigenvalue weighted by Gasteiger charge is -2.31. The van der Waals surface area contributed by atoms with Gasteiger partial charge in [-0.25, -0.2) is 0 Å². The standard InChI is InChI=1S/C11H13N3O/c12-7-5-8(6-7)15-11-13-9-3-1-2-4-10(9)14-11/h1-4,7-8H,5-6,12H2,(H,13,14). The van der Waals surface area contributed by atoms with Crippen LogP contribution in [0.3, 0.4) is 0 Å². The van der Waals surface area contributed by atoms with Gasteiger partial charge in [-0.15, -0.1) is 0 Å². The molecule has 4 nitrogen and oxygen atoms in total. The molecule has 1 saturated carbocycles. The SMILES string of the molecule is NC1CC(Oc2nc3ccccc3[nH]2)C1. The van der Waals surface area contributed by atoms with Gasteiger partial charge in [-0.1, -0.05) is 12.1 Å². The first-order valence-corrected chi connectivity index (χ1v) is 5.18. The minimum absolute atomic E-state index is 0.237. The number of nitrogens with zero attached hydrogens (tertiary/aromatic N) is 1. The fraction of sp³-hybridized carbons (Fsp3) is 0.364. The Balaban J connectivity index is 1.80. The van der Waals surface area contributed by atoms with E-state index >= 15 is 0 Å². The molecule has 0 unspecified atom stereocenters. The van der Waals surface area contributed by atoms with Crippen molar-refractivity contribution in [2.45, 2.75) is 25.0 Å². The van der Waals surface area contributed by atoms with Crippen LogP contribution in [-0.4, -0.2) is 22.1 Å². The normalized spacial score (nSPS) is 25.1. The lowest BCUT2D eigenvalue weighted by molar-refractivity contribution is 0.0918. The summed E-state index contributed by atoms with van der Waals surface area (Å²) in [6, 6.07) is 8.80. The van der Waals surface area contributed by atoms with Crippen LogP contribution >= 0.6 is 0 Å². The molecule has 0 amide bonds. The summed E-state index contributed by atoms with van der Waals surface area (Å²) < 4.78 is 5.66. The molecule has 0 saturated heterocycles. The van der Waals surface area contributed by atoms with E-state index < -0.39 is 0 Å². The molecule has 1 aromatic carbocycles. The Kier molecular flexibility index (Phi) is 1.89. The molecule has 0 atom stereocenters. The van der Waals surface area contributed by atoms with Crippen molar-refractivity contribution in [1.29, 1.82) is 0 Å². The fourth-order valence-corrected chi connectivity index (χ4v) is 1.85. The van der Waals surface area contributed by atoms with Crippen LogP contribution in [-0.2, 0) is 0 Å². The number of nitrogens with one attached hydrogen (secondary N) is 1. The number of aromatic nitrogens is 2. The molecular formula is C11H13N3O. The van der Waals surface area contributed by atoms with Crippen molar-refractivity contribution in [3.05, 3.63) is 24.3 Å². The largest absolute Gasteiger partial charge is 0.461 e. The Hall–Kier alpha value is -1.55. The predicted molar refractivity (Wildman–Crippen MR) is 57.7 cm³/mol. The zero-order valence-electron chi connectivity index (χ0n) is 8.31. The minimum atomic E-state index is 0.237. The van der Waals surface area contributed by atoms with Crippen molar-refractivity contribution in [3.63, 3.8) is 0 Å². The summed E-state index contributed by atoms with van der Waals surface area (Å²) in [6.07, 6.45) is 2.09. The number of H-pyrrole nitrogens is 1. The van der Waals surface area contributed by atoms with Crippen LogP contribution in [0.1, 0.15) is 12.8 Å². The number of nitrogens with two attached hydrogens (primary N) is 1. The van der Waals surface area contributed by atoms with Gasteiger partial charge in [0.25, 0.3) is 6.01 Å². The van der Waals surface area contributed by atoms with Crippen molar-refractivity contribution in [2.75, 3.05) is 0 Å². The van der Waals surface area contributed by atoms with Gasteiger partial charge >= 0.3 is 0 Å². The first-order chi connectivity index (χ1) is 7.31. The van der Waals surface area contributed by atoms with E-state index in [2.05, 4.69) is 9.97 Å². The summed E-state index contributed by atoms with van der Waals surface area (Å²) in [4.78, 5) is 7.48. The van der Waals surface area contributed by atoms with Gasteiger partial charge in [-0.2, -0.15) is 4.98 Å². The van der Waals surface area contributed by atoms with Crippen LogP contribution in [0.25, 0.3) is 11.0 Å². The van der Waals surface area contributed by atoms with E-state index in [9.17, 15) is 0 Å². The number of rotatable bonds is 2. The second kappa shape index (κ2) is 3.24. The van der Waals surface area contributed by atoms with E-state index in [0.29, 0.717) is 12.1 Å². The summed E-state index contributed by atoms with van der Waals surface area (Å²) in [5.74, 6) is 0. The van der Waals surface area contributed by atoms with Gasteiger partial charge < -0.3 is 15.5 Å². The number of para-hydroxylation sites is 2. The fourth-order valence-electron chi connectivity index (χ4n) is 1.85. The highest BCUT2D eigenvalue weighted by molar-refractivity contribution is 5.75. The molecule has 2 aromatic rings. The Labute approximate surface area is 87.4 Å². The highest BCUT2D eigenvalue weighted by atomic mass is 16.5. The van der Waals surface area contributed by atoms with Crippen LogP contribution in [0, 0.1) is 0 Å². The molecule has 1 aliphatic rings. The summed E-state index contributed by atoms with van der Waals surface area (Å²) in [6.45, 7) is 0. The third-order valence-corrected chi connectivity index (χ3v) is 2.78. The van der Waals surface area contributed by atoms with Crippen molar-refractivity contribution >= 4 is 11.0 Å². The van der Waals surface area contributed by atoms with Crippen LogP contribution in [0.15, 0.2) is 24.3 Å². The lowest BCUT2D eigenvalue weighted by Crippen LogP contribution is -2.43. The zero-order valence-corrected chi connectivity index (χ0v) is 8.31. The van der Waals surface area contributed by atoms with Gasteiger partial charge in [-0.05, 0) is 25.0 Å². The summed E-state index contributed by atoms with van der Waals surface area (Å²) in [5.41, 5.74) is 7.64. The molecule has 1 fully saturated rings. The molecule has 1 aliphatic carbocycles. The monoisotopic (exact) mass is 203 g/mol. The Bertz CT molecular complexity index is 440. The van der Waals surface area contributed by atoms with Gasteiger partial charge in [0.1, 0.15) is 6.10 Å². The maximum absolute atomic E-state index is 5.69. The Morgan fingerprint density at radius 3 is 2.87 bits per heavy atom. The molecule has 3 N–H and O–H groups in total. The number of benzene rings is 1. The Morgan fingerprint density at radius 1 is 1.33 bits per heavy atom. The molecule has 1 heterocycles. The number of hydrogen-bond donors (Lipinski definition) is 2. The third-order valence-electron chi connectivity index (χ3n) is 2.78. The topological polar surface area (TPSA) is 63.9 Å². The average molecular weight is 203 g/mol. The van der Waals surface area contributed by atoms with Gasteiger partial charge in [0.2, 0.25) is 0 Å². The van der Waals surface area contributed by atoms with E-state index in [-0.39, 0.29) is 6.10 Å². The van der Waals surface area contributed by atoms with Crippen LogP contribution in [0.5, 0.6) is 6.01 Å². The molecule has 0 bridgehead atoms. The molecule has 0 spiro atoms. The third kappa shape index (κ3) is 1.57. The summed E-state index contributed by atoms with van der Waals surface area (Å²) in [5, 5.41) is 0. The smallest absolute Gasteiger partial charge is 0.294 e. The van der Waals surface area contributed by atoms with Crippen LogP contribution < -0.4 is 10.5 Å². The summed E-state index contributed by atoms with van der Waals surface area (Å²) in [7, 11) is 0. The van der Waals surface area contributed by atoms with Crippen LogP contribution in [0.2, 0.25) is 0 Å². The van der Waals surface area contributed by atoms with Gasteiger partial charge in [0, 0.05) is 6.04 Å². The molecule has 0 aliphatic heterocycles. The highest BCUT2D eigenvalue weighted by Crippen LogP contribution is 2.24. The minimum Gasteiger partial charge on any atom is -0.461 e. The molecule has 4 heteroatoms. The quantitative estimate of drug-likeness (QED) is 0.776.